The van der Waals surface area contributed by atoms with Crippen LogP contribution in [-0.2, 0) is 11.8 Å². The van der Waals surface area contributed by atoms with Crippen molar-refractivity contribution < 1.29 is 9.53 Å². The zero-order valence-corrected chi connectivity index (χ0v) is 17.7. The first-order valence-electron chi connectivity index (χ1n) is 8.63. The van der Waals surface area contributed by atoms with Gasteiger partial charge in [-0.3, -0.25) is 4.79 Å². The zero-order chi connectivity index (χ0) is 20.3. The van der Waals surface area contributed by atoms with Gasteiger partial charge >= 0.3 is 0 Å². The molecule has 0 aliphatic rings. The van der Waals surface area contributed by atoms with Gasteiger partial charge in [0.2, 0.25) is 5.91 Å². The van der Waals surface area contributed by atoms with Gasteiger partial charge in [0.15, 0.2) is 11.0 Å². The minimum atomic E-state index is -0.152. The first-order valence-corrected chi connectivity index (χ1v) is 9.99. The summed E-state index contributed by atoms with van der Waals surface area (Å²) < 4.78 is 7.24. The minimum Gasteiger partial charge on any atom is -0.496 e. The average Bonchev–Trinajstić information content (AvgIpc) is 3.03. The maximum absolute atomic E-state index is 12.4. The second kappa shape index (κ2) is 8.67. The van der Waals surface area contributed by atoms with E-state index in [0.29, 0.717) is 21.7 Å². The number of para-hydroxylation sites is 1. The van der Waals surface area contributed by atoms with E-state index in [4.69, 9.17) is 16.3 Å². The molecule has 0 aliphatic carbocycles. The fourth-order valence-corrected chi connectivity index (χ4v) is 3.96. The fourth-order valence-electron chi connectivity index (χ4n) is 2.88. The molecule has 1 aromatic heterocycles. The van der Waals surface area contributed by atoms with Gasteiger partial charge in [0.1, 0.15) is 5.75 Å². The van der Waals surface area contributed by atoms with Crippen molar-refractivity contribution in [2.24, 2.45) is 7.05 Å². The summed E-state index contributed by atoms with van der Waals surface area (Å²) >= 11 is 7.57. The highest BCUT2D eigenvalue weighted by Crippen LogP contribution is 2.30. The summed E-state index contributed by atoms with van der Waals surface area (Å²) in [6.45, 7) is 3.89. The van der Waals surface area contributed by atoms with Crippen molar-refractivity contribution >= 4 is 35.0 Å². The van der Waals surface area contributed by atoms with E-state index in [1.54, 1.807) is 7.11 Å². The number of carbonyl (C=O) groups is 1. The summed E-state index contributed by atoms with van der Waals surface area (Å²) in [5, 5.41) is 12.5. The highest BCUT2D eigenvalue weighted by Gasteiger charge is 2.16. The third-order valence-corrected chi connectivity index (χ3v) is 5.53. The van der Waals surface area contributed by atoms with Gasteiger partial charge in [0.25, 0.3) is 0 Å². The topological polar surface area (TPSA) is 69.0 Å². The maximum Gasteiger partial charge on any atom is 0.234 e. The van der Waals surface area contributed by atoms with E-state index in [2.05, 4.69) is 15.5 Å². The Kier molecular flexibility index (Phi) is 6.26. The van der Waals surface area contributed by atoms with Gasteiger partial charge in [0, 0.05) is 7.05 Å². The molecule has 0 spiro atoms. The molecular weight excluding hydrogens is 396 g/mol. The highest BCUT2D eigenvalue weighted by molar-refractivity contribution is 7.99. The van der Waals surface area contributed by atoms with Crippen molar-refractivity contribution in [1.82, 2.24) is 14.8 Å². The summed E-state index contributed by atoms with van der Waals surface area (Å²) in [4.78, 5) is 12.4. The summed E-state index contributed by atoms with van der Waals surface area (Å²) in [6, 6.07) is 11.4. The van der Waals surface area contributed by atoms with Gasteiger partial charge in [-0.1, -0.05) is 41.6 Å². The number of amides is 1. The summed E-state index contributed by atoms with van der Waals surface area (Å²) in [7, 11) is 3.48. The molecule has 0 aliphatic heterocycles. The second-order valence-electron chi connectivity index (χ2n) is 6.34. The predicted octanol–water partition coefficient (Wildman–Crippen LogP) is 4.49. The number of nitrogens with zero attached hydrogens (tertiary/aromatic N) is 3. The number of hydrogen-bond acceptors (Lipinski definition) is 5. The summed E-state index contributed by atoms with van der Waals surface area (Å²) in [5.41, 5.74) is 3.47. The van der Waals surface area contributed by atoms with Gasteiger partial charge in [-0.2, -0.15) is 0 Å². The Labute approximate surface area is 173 Å². The van der Waals surface area contributed by atoms with Crippen molar-refractivity contribution in [2.75, 3.05) is 18.2 Å². The molecule has 8 heteroatoms. The molecule has 3 rings (SSSR count). The van der Waals surface area contributed by atoms with Gasteiger partial charge in [0.05, 0.1) is 29.1 Å². The van der Waals surface area contributed by atoms with E-state index in [0.717, 1.165) is 22.4 Å². The van der Waals surface area contributed by atoms with Gasteiger partial charge in [-0.15, -0.1) is 10.2 Å². The van der Waals surface area contributed by atoms with Crippen LogP contribution < -0.4 is 10.1 Å². The molecular formula is C20H21ClN4O2S. The van der Waals surface area contributed by atoms with Gasteiger partial charge in [-0.05, 0) is 43.2 Å². The molecule has 1 heterocycles. The largest absolute Gasteiger partial charge is 0.496 e. The number of halogens is 1. The van der Waals surface area contributed by atoms with Crippen LogP contribution in [0.3, 0.4) is 0 Å². The van der Waals surface area contributed by atoms with Gasteiger partial charge < -0.3 is 14.6 Å². The molecule has 1 N–H and O–H groups in total. The van der Waals surface area contributed by atoms with Crippen molar-refractivity contribution in [2.45, 2.75) is 19.0 Å². The number of benzene rings is 2. The number of thioether (sulfide) groups is 1. The number of hydrogen-bond donors (Lipinski definition) is 1. The fraction of sp³-hybridized carbons (Fsp3) is 0.250. The van der Waals surface area contributed by atoms with Crippen LogP contribution in [0.15, 0.2) is 41.6 Å². The third kappa shape index (κ3) is 4.31. The molecule has 146 valence electrons. The molecule has 0 bridgehead atoms. The van der Waals surface area contributed by atoms with Crippen LogP contribution >= 0.6 is 23.4 Å². The van der Waals surface area contributed by atoms with Crippen LogP contribution in [0.2, 0.25) is 5.02 Å². The van der Waals surface area contributed by atoms with Crippen molar-refractivity contribution in [1.29, 1.82) is 0 Å². The molecule has 3 aromatic rings. The molecule has 6 nitrogen and oxygen atoms in total. The number of rotatable bonds is 6. The molecule has 1 amide bonds. The molecule has 0 atom stereocenters. The van der Waals surface area contributed by atoms with Crippen LogP contribution in [-0.4, -0.2) is 33.5 Å². The average molecular weight is 417 g/mol. The van der Waals surface area contributed by atoms with Crippen LogP contribution in [0.1, 0.15) is 11.1 Å². The lowest BCUT2D eigenvalue weighted by atomic mass is 10.1. The van der Waals surface area contributed by atoms with E-state index < -0.39 is 0 Å². The highest BCUT2D eigenvalue weighted by atomic mass is 35.5. The summed E-state index contributed by atoms with van der Waals surface area (Å²) in [5.74, 6) is 1.44. The Morgan fingerprint density at radius 2 is 2.00 bits per heavy atom. The Bertz CT molecular complexity index is 996. The predicted molar refractivity (Wildman–Crippen MR) is 113 cm³/mol. The standard InChI is InChI=1S/C20H21ClN4O2S/c1-12-9-13(2)18(15(21)10-12)22-17(26)11-28-20-24-23-19(25(20)3)14-7-5-6-8-16(14)27-4/h5-10H,11H2,1-4H3,(H,22,26). The number of aromatic nitrogens is 3. The van der Waals surface area contributed by atoms with E-state index in [1.807, 2.05) is 61.9 Å². The smallest absolute Gasteiger partial charge is 0.234 e. The second-order valence-corrected chi connectivity index (χ2v) is 7.69. The molecule has 0 saturated heterocycles. The van der Waals surface area contributed by atoms with Gasteiger partial charge in [-0.25, -0.2) is 0 Å². The van der Waals surface area contributed by atoms with Crippen LogP contribution in [0, 0.1) is 13.8 Å². The van der Waals surface area contributed by atoms with E-state index in [1.165, 1.54) is 11.8 Å². The first-order chi connectivity index (χ1) is 13.4. The monoisotopic (exact) mass is 416 g/mol. The Balaban J connectivity index is 1.71. The molecule has 0 unspecified atom stereocenters. The normalized spacial score (nSPS) is 10.8. The zero-order valence-electron chi connectivity index (χ0n) is 16.1. The number of carbonyl (C=O) groups excluding carboxylic acids is 1. The number of aryl methyl sites for hydroxylation is 2. The minimum absolute atomic E-state index is 0.152. The molecule has 28 heavy (non-hydrogen) atoms. The lowest BCUT2D eigenvalue weighted by Crippen LogP contribution is -2.15. The van der Waals surface area contributed by atoms with Crippen molar-refractivity contribution in [3.05, 3.63) is 52.5 Å². The first kappa shape index (κ1) is 20.2. The van der Waals surface area contributed by atoms with Crippen LogP contribution in [0.25, 0.3) is 11.4 Å². The quantitative estimate of drug-likeness (QED) is 0.599. The van der Waals surface area contributed by atoms with E-state index in [9.17, 15) is 4.79 Å². The Morgan fingerprint density at radius 1 is 1.25 bits per heavy atom. The number of nitrogens with one attached hydrogen (secondary N) is 1. The molecule has 2 aromatic carbocycles. The third-order valence-electron chi connectivity index (χ3n) is 4.21. The lowest BCUT2D eigenvalue weighted by Gasteiger charge is -2.11. The number of anilines is 1. The number of methoxy groups -OCH3 is 1. The summed E-state index contributed by atoms with van der Waals surface area (Å²) in [6.07, 6.45) is 0. The Morgan fingerprint density at radius 3 is 2.71 bits per heavy atom. The molecule has 0 fully saturated rings. The molecule has 0 radical (unpaired) electrons. The van der Waals surface area contributed by atoms with E-state index >= 15 is 0 Å². The Hall–Kier alpha value is -2.51. The van der Waals surface area contributed by atoms with Crippen molar-refractivity contribution in [3.8, 4) is 17.1 Å². The lowest BCUT2D eigenvalue weighted by molar-refractivity contribution is -0.113. The van der Waals surface area contributed by atoms with E-state index in [-0.39, 0.29) is 11.7 Å². The van der Waals surface area contributed by atoms with Crippen LogP contribution in [0.4, 0.5) is 5.69 Å². The van der Waals surface area contributed by atoms with Crippen molar-refractivity contribution in [3.63, 3.8) is 0 Å². The number of ether oxygens (including phenoxy) is 1. The SMILES string of the molecule is COc1ccccc1-c1nnc(SCC(=O)Nc2c(C)cc(C)cc2Cl)n1C. The van der Waals surface area contributed by atoms with Crippen LogP contribution in [0.5, 0.6) is 5.75 Å². The molecule has 0 saturated carbocycles. The maximum atomic E-state index is 12.4.